The van der Waals surface area contributed by atoms with E-state index in [0.29, 0.717) is 11.3 Å². The molecule has 2 aromatic rings. The standard InChI is InChI=1S/C11H10N6O3S/c12-8-7-6(14-3-15-8)4(2-21-7)5-1-10(19)9(18)11(10,20-5)16-17-13/h2-3,5,9,18-19H,1H2,(H2,12,14,15)/t5-,9?,10-,11?/m1/s1. The molecule has 0 bridgehead atoms. The molecule has 3 heterocycles. The summed E-state index contributed by atoms with van der Waals surface area (Å²) in [6.45, 7) is 0. The van der Waals surface area contributed by atoms with Gasteiger partial charge in [0.05, 0.1) is 16.3 Å². The van der Waals surface area contributed by atoms with Gasteiger partial charge in [-0.1, -0.05) is 5.11 Å². The van der Waals surface area contributed by atoms with Gasteiger partial charge in [-0.3, -0.25) is 0 Å². The molecule has 1 saturated heterocycles. The third-order valence-corrected chi connectivity index (χ3v) is 5.14. The van der Waals surface area contributed by atoms with E-state index in [4.69, 9.17) is 16.0 Å². The van der Waals surface area contributed by atoms with Crippen LogP contribution in [0.5, 0.6) is 0 Å². The van der Waals surface area contributed by atoms with Crippen LogP contribution >= 0.6 is 11.3 Å². The van der Waals surface area contributed by atoms with E-state index in [1.54, 1.807) is 0 Å². The summed E-state index contributed by atoms with van der Waals surface area (Å²) in [5.74, 6) is 0.378. The van der Waals surface area contributed by atoms with Crippen molar-refractivity contribution in [1.82, 2.24) is 9.97 Å². The Balaban J connectivity index is 1.76. The first-order chi connectivity index (χ1) is 10.0. The van der Waals surface area contributed by atoms with Crippen molar-refractivity contribution in [2.75, 3.05) is 5.73 Å². The highest BCUT2D eigenvalue weighted by atomic mass is 32.1. The van der Waals surface area contributed by atoms with Crippen molar-refractivity contribution in [3.8, 4) is 0 Å². The quantitative estimate of drug-likeness (QED) is 0.425. The minimum Gasteiger partial charge on any atom is -0.387 e. The fourth-order valence-corrected chi connectivity index (χ4v) is 3.90. The van der Waals surface area contributed by atoms with Crippen LogP contribution in [-0.4, -0.2) is 37.6 Å². The molecule has 10 heteroatoms. The monoisotopic (exact) mass is 306 g/mol. The van der Waals surface area contributed by atoms with Gasteiger partial charge in [0.15, 0.2) is 0 Å². The van der Waals surface area contributed by atoms with E-state index in [1.165, 1.54) is 17.7 Å². The fraction of sp³-hybridized carbons (Fsp3) is 0.455. The van der Waals surface area contributed by atoms with Gasteiger partial charge >= 0.3 is 0 Å². The van der Waals surface area contributed by atoms with Crippen LogP contribution < -0.4 is 5.73 Å². The van der Waals surface area contributed by atoms with Crippen LogP contribution in [0.3, 0.4) is 0 Å². The number of hydrogen-bond acceptors (Lipinski definition) is 8. The molecule has 2 aliphatic rings. The molecule has 4 N–H and O–H groups in total. The zero-order chi connectivity index (χ0) is 14.8. The molecule has 0 radical (unpaired) electrons. The van der Waals surface area contributed by atoms with Gasteiger partial charge in [0, 0.05) is 16.9 Å². The highest BCUT2D eigenvalue weighted by molar-refractivity contribution is 7.17. The number of nitrogens with two attached hydrogens (primary N) is 1. The lowest BCUT2D eigenvalue weighted by Crippen LogP contribution is -2.17. The number of nitrogen functional groups attached to an aromatic ring is 1. The van der Waals surface area contributed by atoms with Crippen LogP contribution in [0.1, 0.15) is 18.1 Å². The van der Waals surface area contributed by atoms with E-state index >= 15 is 0 Å². The summed E-state index contributed by atoms with van der Waals surface area (Å²) in [6, 6.07) is 0. The summed E-state index contributed by atoms with van der Waals surface area (Å²) in [4.78, 5) is 10.8. The summed E-state index contributed by atoms with van der Waals surface area (Å²) in [5.41, 5.74) is 12.6. The Hall–Kier alpha value is -1.97. The molecule has 1 saturated carbocycles. The van der Waals surface area contributed by atoms with E-state index in [2.05, 4.69) is 20.0 Å². The molecule has 2 fully saturated rings. The van der Waals surface area contributed by atoms with Crippen molar-refractivity contribution >= 4 is 27.4 Å². The number of aliphatic hydroxyl groups is 2. The van der Waals surface area contributed by atoms with Crippen molar-refractivity contribution in [3.63, 3.8) is 0 Å². The maximum atomic E-state index is 10.3. The predicted molar refractivity (Wildman–Crippen MR) is 73.1 cm³/mol. The maximum Gasteiger partial charge on any atom is 0.207 e. The number of aliphatic hydroxyl groups excluding tert-OH is 1. The summed E-state index contributed by atoms with van der Waals surface area (Å²) in [7, 11) is 0. The van der Waals surface area contributed by atoms with Gasteiger partial charge in [-0.15, -0.1) is 11.3 Å². The van der Waals surface area contributed by atoms with Crippen molar-refractivity contribution < 1.29 is 14.9 Å². The number of ether oxygens (including phenoxy) is 1. The maximum absolute atomic E-state index is 10.3. The topological polar surface area (TPSA) is 150 Å². The lowest BCUT2D eigenvalue weighted by molar-refractivity contribution is -0.0293. The molecule has 9 nitrogen and oxygen atoms in total. The highest BCUT2D eigenvalue weighted by Gasteiger charge is 2.83. The predicted octanol–water partition coefficient (Wildman–Crippen LogP) is 0.847. The Morgan fingerprint density at radius 2 is 2.38 bits per heavy atom. The normalized spacial score (nSPS) is 37.2. The number of aromatic nitrogens is 2. The van der Waals surface area contributed by atoms with Crippen molar-refractivity contribution in [2.45, 2.75) is 30.0 Å². The molecule has 0 spiro atoms. The van der Waals surface area contributed by atoms with Crippen molar-refractivity contribution in [3.05, 3.63) is 27.7 Å². The Bertz CT molecular complexity index is 804. The minimum absolute atomic E-state index is 0.128. The molecule has 108 valence electrons. The van der Waals surface area contributed by atoms with Gasteiger partial charge in [0.1, 0.15) is 23.9 Å². The van der Waals surface area contributed by atoms with Crippen LogP contribution in [0.4, 0.5) is 5.82 Å². The van der Waals surface area contributed by atoms with Gasteiger partial charge in [-0.25, -0.2) is 9.97 Å². The van der Waals surface area contributed by atoms with Gasteiger partial charge in [-0.05, 0) is 10.9 Å². The second-order valence-electron chi connectivity index (χ2n) is 5.15. The molecule has 21 heavy (non-hydrogen) atoms. The van der Waals surface area contributed by atoms with Gasteiger partial charge < -0.3 is 20.7 Å². The van der Waals surface area contributed by atoms with E-state index in [0.717, 1.165) is 10.3 Å². The molecule has 4 atom stereocenters. The second-order valence-corrected chi connectivity index (χ2v) is 6.03. The van der Waals surface area contributed by atoms with Crippen LogP contribution in [0.15, 0.2) is 16.8 Å². The van der Waals surface area contributed by atoms with Crippen LogP contribution in [0, 0.1) is 0 Å². The lowest BCUT2D eigenvalue weighted by Gasteiger charge is -2.15. The second kappa shape index (κ2) is 3.81. The van der Waals surface area contributed by atoms with Gasteiger partial charge in [-0.2, -0.15) is 0 Å². The fourth-order valence-electron chi connectivity index (χ4n) is 2.94. The Labute approximate surface area is 121 Å². The number of nitrogens with zero attached hydrogens (tertiary/aromatic N) is 5. The van der Waals surface area contributed by atoms with Crippen LogP contribution in [0.2, 0.25) is 0 Å². The molecule has 0 aromatic carbocycles. The number of anilines is 1. The Morgan fingerprint density at radius 3 is 3.14 bits per heavy atom. The smallest absolute Gasteiger partial charge is 0.207 e. The number of fused-ring (bicyclic) bond motifs is 2. The summed E-state index contributed by atoms with van der Waals surface area (Å²) in [6.07, 6.45) is -0.243. The summed E-state index contributed by atoms with van der Waals surface area (Å²) in [5, 5.41) is 25.4. The first-order valence-corrected chi connectivity index (χ1v) is 7.03. The van der Waals surface area contributed by atoms with E-state index in [-0.39, 0.29) is 6.42 Å². The highest BCUT2D eigenvalue weighted by Crippen LogP contribution is 2.64. The summed E-state index contributed by atoms with van der Waals surface area (Å²) < 4.78 is 6.39. The first kappa shape index (κ1) is 12.7. The average Bonchev–Trinajstić information content (AvgIpc) is 2.84. The number of azide groups is 1. The Morgan fingerprint density at radius 1 is 1.57 bits per heavy atom. The molecular formula is C11H10N6O3S. The number of rotatable bonds is 2. The molecule has 2 unspecified atom stereocenters. The third-order valence-electron chi connectivity index (χ3n) is 4.13. The number of thiophene rings is 1. The molecule has 1 aliphatic heterocycles. The zero-order valence-corrected chi connectivity index (χ0v) is 11.4. The van der Waals surface area contributed by atoms with E-state index < -0.39 is 23.5 Å². The number of hydrogen-bond donors (Lipinski definition) is 3. The lowest BCUT2D eigenvalue weighted by atomic mass is 10.1. The van der Waals surface area contributed by atoms with E-state index in [9.17, 15) is 10.2 Å². The Kier molecular flexibility index (Phi) is 2.31. The molecule has 1 aliphatic carbocycles. The van der Waals surface area contributed by atoms with E-state index in [1.807, 2.05) is 5.38 Å². The van der Waals surface area contributed by atoms with Crippen LogP contribution in [-0.2, 0) is 4.74 Å². The van der Waals surface area contributed by atoms with Crippen molar-refractivity contribution in [1.29, 1.82) is 0 Å². The molecular weight excluding hydrogens is 296 g/mol. The van der Waals surface area contributed by atoms with Gasteiger partial charge in [0.2, 0.25) is 5.72 Å². The third kappa shape index (κ3) is 1.38. The largest absolute Gasteiger partial charge is 0.387 e. The first-order valence-electron chi connectivity index (χ1n) is 6.15. The summed E-state index contributed by atoms with van der Waals surface area (Å²) >= 11 is 1.38. The van der Waals surface area contributed by atoms with Gasteiger partial charge in [0.25, 0.3) is 0 Å². The van der Waals surface area contributed by atoms with Crippen LogP contribution in [0.25, 0.3) is 20.7 Å². The zero-order valence-electron chi connectivity index (χ0n) is 10.5. The van der Waals surface area contributed by atoms with Crippen molar-refractivity contribution in [2.24, 2.45) is 5.11 Å². The average molecular weight is 306 g/mol. The SMILES string of the molecule is [N-]=[N+]=NC12O[C@@H](c3csc4c(N)ncnc34)C[C@@]1(O)C2O. The molecule has 0 amide bonds. The molecule has 4 rings (SSSR count). The minimum atomic E-state index is -1.60. The molecule has 2 aromatic heterocycles.